The molecule has 1 atom stereocenters. The van der Waals surface area contributed by atoms with Gasteiger partial charge in [0.25, 0.3) is 0 Å². The van der Waals surface area contributed by atoms with Gasteiger partial charge in [0, 0.05) is 5.69 Å². The first-order valence-electron chi connectivity index (χ1n) is 8.48. The van der Waals surface area contributed by atoms with E-state index in [0.29, 0.717) is 6.42 Å². The van der Waals surface area contributed by atoms with E-state index >= 15 is 0 Å². The summed E-state index contributed by atoms with van der Waals surface area (Å²) in [5, 5.41) is 14.8. The number of para-hydroxylation sites is 1. The van der Waals surface area contributed by atoms with Gasteiger partial charge in [-0.3, -0.25) is 14.9 Å². The van der Waals surface area contributed by atoms with E-state index in [1.807, 2.05) is 61.5 Å². The summed E-state index contributed by atoms with van der Waals surface area (Å²) >= 11 is 0. The maximum Gasteiger partial charge on any atom is 0.320 e. The van der Waals surface area contributed by atoms with Gasteiger partial charge in [-0.15, -0.1) is 0 Å². The van der Waals surface area contributed by atoms with E-state index in [4.69, 9.17) is 5.11 Å². The van der Waals surface area contributed by atoms with Gasteiger partial charge in [0.1, 0.15) is 6.04 Å². The number of carboxylic acid groups (broad SMARTS) is 1. The molecular weight excluding hydrogens is 316 g/mol. The Morgan fingerprint density at radius 1 is 1.04 bits per heavy atom. The quantitative estimate of drug-likeness (QED) is 0.655. The monoisotopic (exact) mass is 340 g/mol. The fourth-order valence-electron chi connectivity index (χ4n) is 2.62. The lowest BCUT2D eigenvalue weighted by molar-refractivity contribution is -0.139. The Balaban J connectivity index is 1.97. The van der Waals surface area contributed by atoms with E-state index in [9.17, 15) is 9.59 Å². The van der Waals surface area contributed by atoms with Gasteiger partial charge in [0.2, 0.25) is 5.91 Å². The maximum atomic E-state index is 12.2. The highest BCUT2D eigenvalue weighted by atomic mass is 16.4. The number of carbonyl (C=O) groups is 2. The van der Waals surface area contributed by atoms with Crippen molar-refractivity contribution in [3.8, 4) is 0 Å². The Kier molecular flexibility index (Phi) is 7.16. The third-order valence-electron chi connectivity index (χ3n) is 3.91. The van der Waals surface area contributed by atoms with Crippen molar-refractivity contribution in [2.45, 2.75) is 32.2 Å². The third kappa shape index (κ3) is 6.04. The van der Waals surface area contributed by atoms with Gasteiger partial charge >= 0.3 is 5.97 Å². The normalized spacial score (nSPS) is 11.7. The van der Waals surface area contributed by atoms with Crippen LogP contribution in [-0.2, 0) is 16.0 Å². The number of carboxylic acids is 1. The maximum absolute atomic E-state index is 12.2. The number of aliphatic carboxylic acids is 1. The second kappa shape index (κ2) is 9.59. The molecule has 25 heavy (non-hydrogen) atoms. The molecule has 3 N–H and O–H groups in total. The smallest absolute Gasteiger partial charge is 0.320 e. The second-order valence-electron chi connectivity index (χ2n) is 5.93. The van der Waals surface area contributed by atoms with Crippen LogP contribution in [0.4, 0.5) is 5.69 Å². The number of anilines is 1. The number of rotatable bonds is 9. The van der Waals surface area contributed by atoms with E-state index < -0.39 is 12.0 Å². The van der Waals surface area contributed by atoms with Crippen molar-refractivity contribution in [2.24, 2.45) is 0 Å². The number of hydrogen-bond donors (Lipinski definition) is 3. The lowest BCUT2D eigenvalue weighted by Crippen LogP contribution is -2.41. The first kappa shape index (κ1) is 18.7. The van der Waals surface area contributed by atoms with Gasteiger partial charge in [-0.2, -0.15) is 0 Å². The van der Waals surface area contributed by atoms with Crippen molar-refractivity contribution >= 4 is 17.6 Å². The molecule has 0 aliphatic rings. The lowest BCUT2D eigenvalue weighted by Gasteiger charge is -2.15. The number of benzene rings is 2. The topological polar surface area (TPSA) is 78.4 Å². The molecule has 2 aromatic rings. The molecule has 2 rings (SSSR count). The van der Waals surface area contributed by atoms with E-state index in [1.165, 1.54) is 0 Å². The van der Waals surface area contributed by atoms with Gasteiger partial charge in [0.15, 0.2) is 0 Å². The molecule has 5 nitrogen and oxygen atoms in total. The molecule has 132 valence electrons. The molecule has 5 heteroatoms. The van der Waals surface area contributed by atoms with Crippen LogP contribution in [0.1, 0.15) is 30.9 Å². The molecule has 0 saturated carbocycles. The average Bonchev–Trinajstić information content (AvgIpc) is 2.61. The molecule has 0 saturated heterocycles. The molecular formula is C20H24N2O3. The van der Waals surface area contributed by atoms with Crippen molar-refractivity contribution in [3.63, 3.8) is 0 Å². The summed E-state index contributed by atoms with van der Waals surface area (Å²) in [4.78, 5) is 23.3. The predicted octanol–water partition coefficient (Wildman–Crippen LogP) is 3.06. The Morgan fingerprint density at radius 2 is 1.72 bits per heavy atom. The summed E-state index contributed by atoms with van der Waals surface area (Å²) in [5.74, 6) is -1.18. The minimum Gasteiger partial charge on any atom is -0.480 e. The number of amides is 1. The van der Waals surface area contributed by atoms with Gasteiger partial charge < -0.3 is 10.4 Å². The van der Waals surface area contributed by atoms with E-state index in [2.05, 4.69) is 10.6 Å². The molecule has 0 aliphatic carbocycles. The zero-order valence-electron chi connectivity index (χ0n) is 14.4. The summed E-state index contributed by atoms with van der Waals surface area (Å²) < 4.78 is 0. The molecule has 0 bridgehead atoms. The van der Waals surface area contributed by atoms with Crippen LogP contribution in [-0.4, -0.2) is 29.6 Å². The number of hydrogen-bond acceptors (Lipinski definition) is 3. The Morgan fingerprint density at radius 3 is 2.40 bits per heavy atom. The number of nitrogens with one attached hydrogen (secondary N) is 2. The summed E-state index contributed by atoms with van der Waals surface area (Å²) in [7, 11) is 0. The standard InChI is InChI=1S/C20H24N2O3/c1-2-8-18(20(24)25)21-14-19(23)22-17-12-7-6-11-16(17)13-15-9-4-3-5-10-15/h3-7,9-12,18,21H,2,8,13-14H2,1H3,(H,22,23)(H,24,25). The van der Waals surface area contributed by atoms with Crippen LogP contribution >= 0.6 is 0 Å². The molecule has 1 unspecified atom stereocenters. The Labute approximate surface area is 148 Å². The van der Waals surface area contributed by atoms with Crippen LogP contribution < -0.4 is 10.6 Å². The van der Waals surface area contributed by atoms with E-state index in [0.717, 1.165) is 29.7 Å². The molecule has 1 amide bonds. The Bertz CT molecular complexity index is 701. The molecule has 0 fully saturated rings. The summed E-state index contributed by atoms with van der Waals surface area (Å²) in [5.41, 5.74) is 2.93. The van der Waals surface area contributed by atoms with Crippen LogP contribution in [0, 0.1) is 0 Å². The highest BCUT2D eigenvalue weighted by Gasteiger charge is 2.17. The van der Waals surface area contributed by atoms with Gasteiger partial charge in [-0.1, -0.05) is 61.9 Å². The fourth-order valence-corrected chi connectivity index (χ4v) is 2.62. The van der Waals surface area contributed by atoms with Crippen LogP contribution in [0.15, 0.2) is 54.6 Å². The van der Waals surface area contributed by atoms with Gasteiger partial charge in [-0.05, 0) is 30.0 Å². The summed E-state index contributed by atoms with van der Waals surface area (Å²) in [6.45, 7) is 1.88. The average molecular weight is 340 g/mol. The number of carbonyl (C=O) groups excluding carboxylic acids is 1. The largest absolute Gasteiger partial charge is 0.480 e. The third-order valence-corrected chi connectivity index (χ3v) is 3.91. The Hall–Kier alpha value is -2.66. The van der Waals surface area contributed by atoms with E-state index in [-0.39, 0.29) is 12.5 Å². The first-order valence-corrected chi connectivity index (χ1v) is 8.48. The van der Waals surface area contributed by atoms with Crippen LogP contribution in [0.3, 0.4) is 0 Å². The molecule has 0 aliphatic heterocycles. The fraction of sp³-hybridized carbons (Fsp3) is 0.300. The van der Waals surface area contributed by atoms with Crippen molar-refractivity contribution < 1.29 is 14.7 Å². The first-order chi connectivity index (χ1) is 12.1. The minimum absolute atomic E-state index is 0.0311. The predicted molar refractivity (Wildman–Crippen MR) is 98.7 cm³/mol. The molecule has 0 spiro atoms. The van der Waals surface area contributed by atoms with Crippen molar-refractivity contribution in [3.05, 3.63) is 65.7 Å². The SMILES string of the molecule is CCCC(NCC(=O)Nc1ccccc1Cc1ccccc1)C(=O)O. The van der Waals surface area contributed by atoms with Crippen molar-refractivity contribution in [1.29, 1.82) is 0 Å². The summed E-state index contributed by atoms with van der Waals surface area (Å²) in [6.07, 6.45) is 1.96. The minimum atomic E-state index is -0.931. The molecule has 0 aromatic heterocycles. The van der Waals surface area contributed by atoms with Crippen LogP contribution in [0.2, 0.25) is 0 Å². The molecule has 0 radical (unpaired) electrons. The highest BCUT2D eigenvalue weighted by Crippen LogP contribution is 2.19. The van der Waals surface area contributed by atoms with Crippen LogP contribution in [0.25, 0.3) is 0 Å². The highest BCUT2D eigenvalue weighted by molar-refractivity contribution is 5.93. The zero-order valence-corrected chi connectivity index (χ0v) is 14.4. The molecule has 0 heterocycles. The lowest BCUT2D eigenvalue weighted by atomic mass is 10.0. The van der Waals surface area contributed by atoms with Crippen molar-refractivity contribution in [2.75, 3.05) is 11.9 Å². The van der Waals surface area contributed by atoms with Crippen LogP contribution in [0.5, 0.6) is 0 Å². The second-order valence-corrected chi connectivity index (χ2v) is 5.93. The van der Waals surface area contributed by atoms with Crippen molar-refractivity contribution in [1.82, 2.24) is 5.32 Å². The van der Waals surface area contributed by atoms with Gasteiger partial charge in [0.05, 0.1) is 6.54 Å². The van der Waals surface area contributed by atoms with Gasteiger partial charge in [-0.25, -0.2) is 0 Å². The van der Waals surface area contributed by atoms with E-state index in [1.54, 1.807) is 0 Å². The zero-order chi connectivity index (χ0) is 18.1. The molecule has 2 aromatic carbocycles. The summed E-state index contributed by atoms with van der Waals surface area (Å²) in [6, 6.07) is 17.0.